The van der Waals surface area contributed by atoms with Crippen molar-refractivity contribution in [3.05, 3.63) is 11.6 Å². The first-order valence-electron chi connectivity index (χ1n) is 13.0. The average Bonchev–Trinajstić information content (AvgIpc) is 2.99. The van der Waals surface area contributed by atoms with Crippen LogP contribution < -0.4 is 0 Å². The second kappa shape index (κ2) is 8.35. The number of rotatable bonds is 5. The standard InChI is InChI=1S/C27H44O7/c1-14(2)6-7-22(32)26(5,33)21-8-9-27(34)16-11-17(28)15-10-18(29)19(30)12-24(15,3)23(16)20(31)13-25(21,27)4/h11,14-15,18-23,29-34H,6-10,12-13H2,1-5H3/t15-,18+,19-,20?,21-,22+,23+,24-,25+,26+,27?/m0/s1. The van der Waals surface area contributed by atoms with Crippen molar-refractivity contribution in [3.8, 4) is 0 Å². The van der Waals surface area contributed by atoms with E-state index in [1.165, 1.54) is 6.08 Å². The highest BCUT2D eigenvalue weighted by molar-refractivity contribution is 5.95. The highest BCUT2D eigenvalue weighted by Gasteiger charge is 2.71. The van der Waals surface area contributed by atoms with Crippen LogP contribution in [0.5, 0.6) is 0 Å². The molecule has 3 fully saturated rings. The van der Waals surface area contributed by atoms with Gasteiger partial charge in [0.25, 0.3) is 0 Å². The Morgan fingerprint density at radius 3 is 2.35 bits per heavy atom. The first-order valence-corrected chi connectivity index (χ1v) is 13.0. The maximum absolute atomic E-state index is 13.3. The van der Waals surface area contributed by atoms with Crippen LogP contribution in [-0.2, 0) is 4.79 Å². The van der Waals surface area contributed by atoms with Gasteiger partial charge in [0.2, 0.25) is 0 Å². The Morgan fingerprint density at radius 2 is 1.74 bits per heavy atom. The van der Waals surface area contributed by atoms with Gasteiger partial charge in [0.15, 0.2) is 5.78 Å². The summed E-state index contributed by atoms with van der Waals surface area (Å²) in [6.45, 7) is 9.52. The SMILES string of the molecule is CC(C)CC[C@@H](O)[C@](C)(O)[C@H]1CCC2(O)C3=CC(=O)[C@@H]4C[C@@H](O)[C@@H](O)C[C@]4(C)[C@H]3C(O)C[C@]12C. The molecule has 0 radical (unpaired) electrons. The van der Waals surface area contributed by atoms with Crippen molar-refractivity contribution in [3.63, 3.8) is 0 Å². The van der Waals surface area contributed by atoms with Crippen LogP contribution in [0, 0.1) is 34.5 Å². The summed E-state index contributed by atoms with van der Waals surface area (Å²) in [4.78, 5) is 13.3. The van der Waals surface area contributed by atoms with Gasteiger partial charge >= 0.3 is 0 Å². The quantitative estimate of drug-likeness (QED) is 0.352. The van der Waals surface area contributed by atoms with Gasteiger partial charge in [-0.25, -0.2) is 0 Å². The summed E-state index contributed by atoms with van der Waals surface area (Å²) in [5.74, 6) is -1.32. The van der Waals surface area contributed by atoms with E-state index in [1.54, 1.807) is 6.92 Å². The van der Waals surface area contributed by atoms with E-state index in [9.17, 15) is 35.4 Å². The molecule has 0 aromatic rings. The van der Waals surface area contributed by atoms with Gasteiger partial charge in [0, 0.05) is 17.3 Å². The molecule has 11 atom stereocenters. The minimum Gasteiger partial charge on any atom is -0.392 e. The van der Waals surface area contributed by atoms with E-state index < -0.39 is 64.2 Å². The fourth-order valence-electron chi connectivity index (χ4n) is 8.44. The first-order chi connectivity index (χ1) is 15.6. The number of hydrogen-bond donors (Lipinski definition) is 6. The second-order valence-corrected chi connectivity index (χ2v) is 13.0. The predicted octanol–water partition coefficient (Wildman–Crippen LogP) is 1.71. The fraction of sp³-hybridized carbons (Fsp3) is 0.889. The number of allylic oxidation sites excluding steroid dienone is 1. The molecule has 0 amide bonds. The van der Waals surface area contributed by atoms with Crippen LogP contribution in [-0.4, -0.2) is 72.0 Å². The number of ketones is 1. The van der Waals surface area contributed by atoms with Gasteiger partial charge in [-0.3, -0.25) is 4.79 Å². The normalized spacial score (nSPS) is 49.1. The fourth-order valence-corrected chi connectivity index (χ4v) is 8.44. The predicted molar refractivity (Wildman–Crippen MR) is 127 cm³/mol. The van der Waals surface area contributed by atoms with Crippen molar-refractivity contribution < 1.29 is 35.4 Å². The molecule has 34 heavy (non-hydrogen) atoms. The van der Waals surface area contributed by atoms with Crippen molar-refractivity contribution in [2.75, 3.05) is 0 Å². The van der Waals surface area contributed by atoms with E-state index in [1.807, 2.05) is 13.8 Å². The Hall–Kier alpha value is -0.830. The van der Waals surface area contributed by atoms with Crippen molar-refractivity contribution in [2.24, 2.45) is 34.5 Å². The lowest BCUT2D eigenvalue weighted by Gasteiger charge is -2.62. The maximum Gasteiger partial charge on any atom is 0.159 e. The first kappa shape index (κ1) is 26.2. The van der Waals surface area contributed by atoms with Crippen molar-refractivity contribution in [1.82, 2.24) is 0 Å². The van der Waals surface area contributed by atoms with Gasteiger partial charge in [-0.2, -0.15) is 0 Å². The molecule has 7 heteroatoms. The van der Waals surface area contributed by atoms with Gasteiger partial charge in [0.05, 0.1) is 35.6 Å². The third-order valence-corrected chi connectivity index (χ3v) is 10.5. The zero-order valence-corrected chi connectivity index (χ0v) is 21.2. The topological polar surface area (TPSA) is 138 Å². The largest absolute Gasteiger partial charge is 0.392 e. The average molecular weight is 481 g/mol. The molecular weight excluding hydrogens is 436 g/mol. The van der Waals surface area contributed by atoms with E-state index in [0.29, 0.717) is 30.8 Å². The minimum atomic E-state index is -1.46. The Labute approximate surface area is 202 Å². The Bertz CT molecular complexity index is 852. The molecule has 3 saturated carbocycles. The van der Waals surface area contributed by atoms with Crippen LogP contribution in [0.3, 0.4) is 0 Å². The van der Waals surface area contributed by atoms with Crippen LogP contribution in [0.4, 0.5) is 0 Å². The van der Waals surface area contributed by atoms with Gasteiger partial charge in [-0.05, 0) is 80.8 Å². The summed E-state index contributed by atoms with van der Waals surface area (Å²) in [5.41, 5.74) is -4.09. The lowest BCUT2D eigenvalue weighted by atomic mass is 9.45. The molecule has 0 aromatic carbocycles. The summed E-state index contributed by atoms with van der Waals surface area (Å²) in [6.07, 6.45) is 0.195. The molecule has 4 rings (SSSR count). The molecule has 6 N–H and O–H groups in total. The van der Waals surface area contributed by atoms with Gasteiger partial charge in [0.1, 0.15) is 0 Å². The summed E-state index contributed by atoms with van der Waals surface area (Å²) in [7, 11) is 0. The Balaban J connectivity index is 1.73. The lowest BCUT2D eigenvalue weighted by molar-refractivity contribution is -0.196. The molecule has 4 aliphatic carbocycles. The summed E-state index contributed by atoms with van der Waals surface area (Å²) >= 11 is 0. The molecule has 4 aliphatic rings. The number of hydrogen-bond acceptors (Lipinski definition) is 7. The number of carbonyl (C=O) groups is 1. The van der Waals surface area contributed by atoms with E-state index >= 15 is 0 Å². The van der Waals surface area contributed by atoms with Crippen molar-refractivity contribution in [2.45, 2.75) is 115 Å². The summed E-state index contributed by atoms with van der Waals surface area (Å²) in [6, 6.07) is 0. The van der Waals surface area contributed by atoms with Gasteiger partial charge in [-0.1, -0.05) is 27.7 Å². The van der Waals surface area contributed by atoms with E-state index in [2.05, 4.69) is 13.8 Å². The zero-order chi connectivity index (χ0) is 25.4. The molecule has 0 saturated heterocycles. The Kier molecular flexibility index (Phi) is 6.45. The molecular formula is C27H44O7. The molecule has 0 bridgehead atoms. The van der Waals surface area contributed by atoms with E-state index in [4.69, 9.17) is 0 Å². The zero-order valence-electron chi connectivity index (χ0n) is 21.2. The van der Waals surface area contributed by atoms with E-state index in [-0.39, 0.29) is 25.0 Å². The smallest absolute Gasteiger partial charge is 0.159 e. The lowest BCUT2D eigenvalue weighted by Crippen LogP contribution is -2.66. The second-order valence-electron chi connectivity index (χ2n) is 13.0. The molecule has 2 unspecified atom stereocenters. The number of carbonyl (C=O) groups excluding carboxylic acids is 1. The molecule has 0 aliphatic heterocycles. The van der Waals surface area contributed by atoms with Crippen LogP contribution in [0.25, 0.3) is 0 Å². The van der Waals surface area contributed by atoms with Crippen LogP contribution >= 0.6 is 0 Å². The van der Waals surface area contributed by atoms with Crippen molar-refractivity contribution in [1.29, 1.82) is 0 Å². The highest BCUT2D eigenvalue weighted by atomic mass is 16.3. The summed E-state index contributed by atoms with van der Waals surface area (Å²) < 4.78 is 0. The summed E-state index contributed by atoms with van der Waals surface area (Å²) in [5, 5.41) is 66.9. The monoisotopic (exact) mass is 480 g/mol. The molecule has 0 aromatic heterocycles. The van der Waals surface area contributed by atoms with Crippen LogP contribution in [0.1, 0.15) is 79.6 Å². The number of aliphatic hydroxyl groups is 6. The van der Waals surface area contributed by atoms with Crippen LogP contribution in [0.2, 0.25) is 0 Å². The Morgan fingerprint density at radius 1 is 1.09 bits per heavy atom. The maximum atomic E-state index is 13.3. The van der Waals surface area contributed by atoms with Crippen LogP contribution in [0.15, 0.2) is 11.6 Å². The van der Waals surface area contributed by atoms with Crippen molar-refractivity contribution >= 4 is 5.78 Å². The number of fused-ring (bicyclic) bond motifs is 5. The number of aliphatic hydroxyl groups excluding tert-OH is 4. The van der Waals surface area contributed by atoms with Gasteiger partial charge < -0.3 is 30.6 Å². The van der Waals surface area contributed by atoms with Gasteiger partial charge in [-0.15, -0.1) is 0 Å². The molecule has 0 spiro atoms. The highest BCUT2D eigenvalue weighted by Crippen LogP contribution is 2.68. The third-order valence-electron chi connectivity index (χ3n) is 10.5. The molecule has 194 valence electrons. The molecule has 0 heterocycles. The molecule has 7 nitrogen and oxygen atoms in total. The van der Waals surface area contributed by atoms with E-state index in [0.717, 1.165) is 6.42 Å². The third kappa shape index (κ3) is 3.57. The minimum absolute atomic E-state index is 0.137.